The lowest BCUT2D eigenvalue weighted by Gasteiger charge is -2.17. The molecule has 0 aliphatic carbocycles. The van der Waals surface area contributed by atoms with Crippen LogP contribution < -0.4 is 5.32 Å². The molecule has 0 fully saturated rings. The first-order valence-corrected chi connectivity index (χ1v) is 6.41. The van der Waals surface area contributed by atoms with Gasteiger partial charge in [-0.3, -0.25) is 14.3 Å². The van der Waals surface area contributed by atoms with Gasteiger partial charge in [0.15, 0.2) is 0 Å². The highest BCUT2D eigenvalue weighted by Crippen LogP contribution is 2.12. The van der Waals surface area contributed by atoms with Crippen LogP contribution in [0.1, 0.15) is 13.8 Å². The van der Waals surface area contributed by atoms with Crippen molar-refractivity contribution in [2.75, 3.05) is 0 Å². The van der Waals surface area contributed by atoms with E-state index in [0.717, 1.165) is 10.9 Å². The largest absolute Gasteiger partial charge is 0.481 e. The highest BCUT2D eigenvalue weighted by atomic mass is 16.4. The van der Waals surface area contributed by atoms with E-state index in [1.807, 2.05) is 24.3 Å². The van der Waals surface area contributed by atoms with Gasteiger partial charge < -0.3 is 10.4 Å². The summed E-state index contributed by atoms with van der Waals surface area (Å²) < 4.78 is 1.60. The summed E-state index contributed by atoms with van der Waals surface area (Å²) >= 11 is 0. The van der Waals surface area contributed by atoms with Gasteiger partial charge in [-0.05, 0) is 19.9 Å². The fourth-order valence-electron chi connectivity index (χ4n) is 1.93. The van der Waals surface area contributed by atoms with Crippen molar-refractivity contribution < 1.29 is 14.7 Å². The van der Waals surface area contributed by atoms with Crippen molar-refractivity contribution in [3.8, 4) is 0 Å². The second kappa shape index (κ2) is 5.73. The summed E-state index contributed by atoms with van der Waals surface area (Å²) in [6.07, 6.45) is 1.70. The molecule has 2 atom stereocenters. The Kier molecular flexibility index (Phi) is 4.02. The van der Waals surface area contributed by atoms with Gasteiger partial charge in [-0.25, -0.2) is 0 Å². The number of aliphatic carboxylic acids is 1. The fourth-order valence-corrected chi connectivity index (χ4v) is 1.93. The van der Waals surface area contributed by atoms with Gasteiger partial charge in [0.05, 0.1) is 17.6 Å². The minimum atomic E-state index is -0.928. The molecule has 2 unspecified atom stereocenters. The van der Waals surface area contributed by atoms with Crippen LogP contribution in [0.4, 0.5) is 0 Å². The van der Waals surface area contributed by atoms with Crippen molar-refractivity contribution >= 4 is 22.8 Å². The molecular formula is C14H17N3O3. The topological polar surface area (TPSA) is 84.2 Å². The summed E-state index contributed by atoms with van der Waals surface area (Å²) in [7, 11) is 0. The van der Waals surface area contributed by atoms with Crippen LogP contribution in [-0.2, 0) is 16.1 Å². The van der Waals surface area contributed by atoms with Gasteiger partial charge in [-0.15, -0.1) is 0 Å². The fraction of sp³-hybridized carbons (Fsp3) is 0.357. The van der Waals surface area contributed by atoms with E-state index < -0.39 is 17.9 Å². The van der Waals surface area contributed by atoms with Crippen LogP contribution in [0.15, 0.2) is 30.5 Å². The van der Waals surface area contributed by atoms with Crippen LogP contribution in [0.3, 0.4) is 0 Å². The van der Waals surface area contributed by atoms with Crippen molar-refractivity contribution in [3.05, 3.63) is 30.5 Å². The average molecular weight is 275 g/mol. The molecule has 0 aliphatic rings. The molecule has 6 nitrogen and oxygen atoms in total. The van der Waals surface area contributed by atoms with Crippen LogP contribution in [0.5, 0.6) is 0 Å². The Hall–Kier alpha value is -2.37. The third-order valence-electron chi connectivity index (χ3n) is 3.37. The van der Waals surface area contributed by atoms with Crippen molar-refractivity contribution in [1.82, 2.24) is 15.1 Å². The third-order valence-corrected chi connectivity index (χ3v) is 3.37. The Balaban J connectivity index is 2.03. The number of carbonyl (C=O) groups is 2. The van der Waals surface area contributed by atoms with E-state index in [1.165, 1.54) is 0 Å². The molecule has 0 saturated carbocycles. The van der Waals surface area contributed by atoms with Gasteiger partial charge in [-0.1, -0.05) is 18.2 Å². The maximum absolute atomic E-state index is 11.9. The van der Waals surface area contributed by atoms with E-state index >= 15 is 0 Å². The molecule has 0 radical (unpaired) electrons. The van der Waals surface area contributed by atoms with E-state index in [-0.39, 0.29) is 12.5 Å². The Morgan fingerprint density at radius 3 is 2.75 bits per heavy atom. The number of fused-ring (bicyclic) bond motifs is 1. The lowest BCUT2D eigenvalue weighted by Crippen LogP contribution is -2.41. The maximum atomic E-state index is 11.9. The van der Waals surface area contributed by atoms with E-state index in [4.69, 9.17) is 5.11 Å². The van der Waals surface area contributed by atoms with E-state index in [0.29, 0.717) is 0 Å². The molecule has 0 aliphatic heterocycles. The van der Waals surface area contributed by atoms with Crippen LogP contribution in [0.2, 0.25) is 0 Å². The number of nitrogens with one attached hydrogen (secondary N) is 1. The van der Waals surface area contributed by atoms with Crippen LogP contribution in [0.25, 0.3) is 10.9 Å². The lowest BCUT2D eigenvalue weighted by atomic mass is 10.0. The third kappa shape index (κ3) is 2.96. The molecule has 0 spiro atoms. The predicted molar refractivity (Wildman–Crippen MR) is 74.1 cm³/mol. The zero-order chi connectivity index (χ0) is 14.7. The summed E-state index contributed by atoms with van der Waals surface area (Å²) in [5.41, 5.74) is 0.876. The van der Waals surface area contributed by atoms with Gasteiger partial charge in [0.25, 0.3) is 0 Å². The van der Waals surface area contributed by atoms with Crippen molar-refractivity contribution in [1.29, 1.82) is 0 Å². The molecule has 20 heavy (non-hydrogen) atoms. The molecule has 106 valence electrons. The van der Waals surface area contributed by atoms with Crippen molar-refractivity contribution in [2.24, 2.45) is 5.92 Å². The molecule has 1 amide bonds. The zero-order valence-corrected chi connectivity index (χ0v) is 11.4. The molecule has 2 N–H and O–H groups in total. The minimum absolute atomic E-state index is 0.0736. The van der Waals surface area contributed by atoms with Crippen molar-refractivity contribution in [2.45, 2.75) is 26.4 Å². The number of amides is 1. The zero-order valence-electron chi connectivity index (χ0n) is 11.4. The summed E-state index contributed by atoms with van der Waals surface area (Å²) in [5, 5.41) is 16.7. The molecular weight excluding hydrogens is 258 g/mol. The van der Waals surface area contributed by atoms with Gasteiger partial charge in [0.2, 0.25) is 5.91 Å². The number of carbonyl (C=O) groups excluding carboxylic acids is 1. The SMILES string of the molecule is CC(NC(=O)Cn1ncc2ccccc21)C(C)C(=O)O. The van der Waals surface area contributed by atoms with Gasteiger partial charge in [0.1, 0.15) is 6.54 Å². The Labute approximate surface area is 116 Å². The summed E-state index contributed by atoms with van der Waals surface area (Å²) in [5.74, 6) is -1.81. The molecule has 1 heterocycles. The van der Waals surface area contributed by atoms with Gasteiger partial charge >= 0.3 is 5.97 Å². The molecule has 0 bridgehead atoms. The minimum Gasteiger partial charge on any atom is -0.481 e. The first-order chi connectivity index (χ1) is 9.49. The number of carboxylic acids is 1. The Bertz CT molecular complexity index is 635. The molecule has 2 aromatic rings. The number of para-hydroxylation sites is 1. The van der Waals surface area contributed by atoms with Crippen LogP contribution in [0, 0.1) is 5.92 Å². The summed E-state index contributed by atoms with van der Waals surface area (Å²) in [6, 6.07) is 7.17. The first-order valence-electron chi connectivity index (χ1n) is 6.41. The Morgan fingerprint density at radius 1 is 1.35 bits per heavy atom. The quantitative estimate of drug-likeness (QED) is 0.860. The monoisotopic (exact) mass is 275 g/mol. The smallest absolute Gasteiger partial charge is 0.308 e. The highest BCUT2D eigenvalue weighted by Gasteiger charge is 2.21. The number of carboxylic acid groups (broad SMARTS) is 1. The summed E-state index contributed by atoms with van der Waals surface area (Å²) in [6.45, 7) is 3.32. The number of hydrogen-bond acceptors (Lipinski definition) is 3. The molecule has 1 aromatic heterocycles. The van der Waals surface area contributed by atoms with Crippen LogP contribution >= 0.6 is 0 Å². The van der Waals surface area contributed by atoms with Gasteiger partial charge in [0, 0.05) is 11.4 Å². The molecule has 0 saturated heterocycles. The Morgan fingerprint density at radius 2 is 2.05 bits per heavy atom. The van der Waals surface area contributed by atoms with E-state index in [2.05, 4.69) is 10.4 Å². The standard InChI is InChI=1S/C14H17N3O3/c1-9(14(19)20)10(2)16-13(18)8-17-12-6-4-3-5-11(12)7-15-17/h3-7,9-10H,8H2,1-2H3,(H,16,18)(H,19,20). The second-order valence-corrected chi connectivity index (χ2v) is 4.84. The molecule has 6 heteroatoms. The number of aromatic nitrogens is 2. The predicted octanol–water partition coefficient (Wildman–Crippen LogP) is 1.26. The highest BCUT2D eigenvalue weighted by molar-refractivity contribution is 5.82. The summed E-state index contributed by atoms with van der Waals surface area (Å²) in [4.78, 5) is 22.8. The number of nitrogens with zero attached hydrogens (tertiary/aromatic N) is 2. The van der Waals surface area contributed by atoms with E-state index in [1.54, 1.807) is 24.7 Å². The average Bonchev–Trinajstić information content (AvgIpc) is 2.81. The molecule has 1 aromatic carbocycles. The molecule has 2 rings (SSSR count). The number of benzene rings is 1. The van der Waals surface area contributed by atoms with Gasteiger partial charge in [-0.2, -0.15) is 5.10 Å². The number of hydrogen-bond donors (Lipinski definition) is 2. The van der Waals surface area contributed by atoms with Crippen molar-refractivity contribution in [3.63, 3.8) is 0 Å². The normalized spacial score (nSPS) is 13.9. The lowest BCUT2D eigenvalue weighted by molar-refractivity contribution is -0.142. The maximum Gasteiger partial charge on any atom is 0.308 e. The number of rotatable bonds is 5. The second-order valence-electron chi connectivity index (χ2n) is 4.84. The van der Waals surface area contributed by atoms with Crippen LogP contribution in [-0.4, -0.2) is 32.8 Å². The van der Waals surface area contributed by atoms with E-state index in [9.17, 15) is 9.59 Å². The first kappa shape index (κ1) is 14.0.